The standard InChI is InChI=1S/C18H24O2/c1-14(2)17(19)20-13-18(11-9-15(3)10-12-18)16-7-5-4-6-8-16/h4-8,15H,1,9-13H2,2-3H3. The van der Waals surface area contributed by atoms with E-state index >= 15 is 0 Å². The highest BCUT2D eigenvalue weighted by molar-refractivity contribution is 5.86. The number of carbonyl (C=O) groups is 1. The molecule has 0 unspecified atom stereocenters. The number of esters is 1. The van der Waals surface area contributed by atoms with Gasteiger partial charge in [0.2, 0.25) is 0 Å². The molecule has 0 amide bonds. The predicted octanol–water partition coefficient (Wildman–Crippen LogP) is 4.25. The highest BCUT2D eigenvalue weighted by Gasteiger charge is 2.37. The Morgan fingerprint density at radius 3 is 2.45 bits per heavy atom. The molecule has 0 atom stereocenters. The van der Waals surface area contributed by atoms with Gasteiger partial charge >= 0.3 is 5.97 Å². The van der Waals surface area contributed by atoms with E-state index in [2.05, 4.69) is 37.8 Å². The predicted molar refractivity (Wildman–Crippen MR) is 81.5 cm³/mol. The molecule has 1 saturated carbocycles. The molecule has 2 heteroatoms. The Balaban J connectivity index is 2.17. The maximum atomic E-state index is 11.7. The van der Waals surface area contributed by atoms with Crippen molar-refractivity contribution < 1.29 is 9.53 Å². The third-order valence-corrected chi connectivity index (χ3v) is 4.45. The summed E-state index contributed by atoms with van der Waals surface area (Å²) in [5.74, 6) is 0.489. The second-order valence-corrected chi connectivity index (χ2v) is 6.19. The average molecular weight is 272 g/mol. The second kappa shape index (κ2) is 6.25. The van der Waals surface area contributed by atoms with E-state index in [1.165, 1.54) is 18.4 Å². The van der Waals surface area contributed by atoms with Crippen molar-refractivity contribution in [2.75, 3.05) is 6.61 Å². The van der Waals surface area contributed by atoms with Gasteiger partial charge in [0, 0.05) is 11.0 Å². The summed E-state index contributed by atoms with van der Waals surface area (Å²) in [6.45, 7) is 8.11. The number of hydrogen-bond donors (Lipinski definition) is 0. The number of carbonyl (C=O) groups excluding carboxylic acids is 1. The van der Waals surface area contributed by atoms with E-state index in [1.807, 2.05) is 6.07 Å². The Labute approximate surface area is 121 Å². The average Bonchev–Trinajstić information content (AvgIpc) is 2.47. The van der Waals surface area contributed by atoms with Gasteiger partial charge in [-0.15, -0.1) is 0 Å². The fourth-order valence-corrected chi connectivity index (χ4v) is 2.95. The summed E-state index contributed by atoms with van der Waals surface area (Å²) in [7, 11) is 0. The van der Waals surface area contributed by atoms with Crippen molar-refractivity contribution >= 4 is 5.97 Å². The molecule has 0 N–H and O–H groups in total. The summed E-state index contributed by atoms with van der Waals surface area (Å²) in [6.07, 6.45) is 4.56. The van der Waals surface area contributed by atoms with Crippen LogP contribution in [0.15, 0.2) is 42.5 Å². The minimum absolute atomic E-state index is 0.0150. The summed E-state index contributed by atoms with van der Waals surface area (Å²) in [5.41, 5.74) is 1.75. The largest absolute Gasteiger partial charge is 0.461 e. The Bertz CT molecular complexity index is 467. The normalized spacial score (nSPS) is 26.0. The van der Waals surface area contributed by atoms with Gasteiger partial charge in [0.05, 0.1) is 0 Å². The van der Waals surface area contributed by atoms with Crippen LogP contribution in [0.1, 0.15) is 45.1 Å². The summed E-state index contributed by atoms with van der Waals surface area (Å²) >= 11 is 0. The molecule has 2 nitrogen and oxygen atoms in total. The minimum atomic E-state index is -0.279. The van der Waals surface area contributed by atoms with Gasteiger partial charge in [-0.25, -0.2) is 4.79 Å². The van der Waals surface area contributed by atoms with Gasteiger partial charge in [-0.05, 0) is 44.1 Å². The molecular weight excluding hydrogens is 248 g/mol. The monoisotopic (exact) mass is 272 g/mol. The number of rotatable bonds is 4. The van der Waals surface area contributed by atoms with Crippen molar-refractivity contribution in [2.24, 2.45) is 5.92 Å². The third kappa shape index (κ3) is 3.30. The molecule has 0 heterocycles. The molecule has 1 aliphatic rings. The van der Waals surface area contributed by atoms with E-state index in [1.54, 1.807) is 6.92 Å². The van der Waals surface area contributed by atoms with Gasteiger partial charge in [0.15, 0.2) is 0 Å². The van der Waals surface area contributed by atoms with Crippen molar-refractivity contribution in [3.8, 4) is 0 Å². The minimum Gasteiger partial charge on any atom is -0.461 e. The van der Waals surface area contributed by atoms with E-state index in [-0.39, 0.29) is 11.4 Å². The van der Waals surface area contributed by atoms with Crippen LogP contribution in [-0.2, 0) is 14.9 Å². The van der Waals surface area contributed by atoms with E-state index in [4.69, 9.17) is 4.74 Å². The summed E-state index contributed by atoms with van der Waals surface area (Å²) in [4.78, 5) is 11.7. The van der Waals surface area contributed by atoms with Crippen molar-refractivity contribution in [3.63, 3.8) is 0 Å². The van der Waals surface area contributed by atoms with Gasteiger partial charge in [-0.3, -0.25) is 0 Å². The summed E-state index contributed by atoms with van der Waals surface area (Å²) in [5, 5.41) is 0. The van der Waals surface area contributed by atoms with Gasteiger partial charge in [0.25, 0.3) is 0 Å². The molecule has 0 aliphatic heterocycles. The fourth-order valence-electron chi connectivity index (χ4n) is 2.95. The van der Waals surface area contributed by atoms with Crippen LogP contribution >= 0.6 is 0 Å². The second-order valence-electron chi connectivity index (χ2n) is 6.19. The number of ether oxygens (including phenoxy) is 1. The number of hydrogen-bond acceptors (Lipinski definition) is 2. The van der Waals surface area contributed by atoms with Crippen LogP contribution in [0.5, 0.6) is 0 Å². The molecule has 1 aromatic carbocycles. The Morgan fingerprint density at radius 1 is 1.30 bits per heavy atom. The van der Waals surface area contributed by atoms with Crippen molar-refractivity contribution in [2.45, 2.75) is 44.9 Å². The first kappa shape index (κ1) is 14.8. The SMILES string of the molecule is C=C(C)C(=O)OCC1(c2ccccc2)CCC(C)CC1. The zero-order valence-corrected chi connectivity index (χ0v) is 12.5. The van der Waals surface area contributed by atoms with Gasteiger partial charge in [-0.1, -0.05) is 43.8 Å². The van der Waals surface area contributed by atoms with E-state index in [0.717, 1.165) is 18.8 Å². The molecule has 0 saturated heterocycles. The van der Waals surface area contributed by atoms with Crippen LogP contribution in [0.2, 0.25) is 0 Å². The molecule has 0 bridgehead atoms. The maximum Gasteiger partial charge on any atom is 0.333 e. The van der Waals surface area contributed by atoms with Gasteiger partial charge in [0.1, 0.15) is 6.61 Å². The molecular formula is C18H24O2. The van der Waals surface area contributed by atoms with Gasteiger partial charge in [-0.2, -0.15) is 0 Å². The lowest BCUT2D eigenvalue weighted by Crippen LogP contribution is -2.37. The van der Waals surface area contributed by atoms with Crippen LogP contribution in [0.3, 0.4) is 0 Å². The highest BCUT2D eigenvalue weighted by Crippen LogP contribution is 2.41. The molecule has 1 aliphatic carbocycles. The first-order valence-corrected chi connectivity index (χ1v) is 7.42. The van der Waals surface area contributed by atoms with Crippen LogP contribution in [0.25, 0.3) is 0 Å². The Morgan fingerprint density at radius 2 is 1.90 bits per heavy atom. The van der Waals surface area contributed by atoms with Crippen molar-refractivity contribution in [1.82, 2.24) is 0 Å². The molecule has 0 aromatic heterocycles. The first-order chi connectivity index (χ1) is 9.53. The molecule has 0 radical (unpaired) electrons. The molecule has 20 heavy (non-hydrogen) atoms. The van der Waals surface area contributed by atoms with Gasteiger partial charge < -0.3 is 4.74 Å². The molecule has 108 valence electrons. The van der Waals surface area contributed by atoms with E-state index < -0.39 is 0 Å². The topological polar surface area (TPSA) is 26.3 Å². The lowest BCUT2D eigenvalue weighted by molar-refractivity contribution is -0.141. The lowest BCUT2D eigenvalue weighted by atomic mass is 9.67. The molecule has 1 fully saturated rings. The molecule has 2 rings (SSSR count). The van der Waals surface area contributed by atoms with Crippen molar-refractivity contribution in [3.05, 3.63) is 48.0 Å². The van der Waals surface area contributed by atoms with Crippen molar-refractivity contribution in [1.29, 1.82) is 0 Å². The van der Waals surface area contributed by atoms with E-state index in [0.29, 0.717) is 12.2 Å². The van der Waals surface area contributed by atoms with Crippen LogP contribution in [-0.4, -0.2) is 12.6 Å². The Hall–Kier alpha value is -1.57. The quantitative estimate of drug-likeness (QED) is 0.605. The number of benzene rings is 1. The zero-order chi connectivity index (χ0) is 14.6. The molecule has 0 spiro atoms. The Kier molecular flexibility index (Phi) is 4.64. The first-order valence-electron chi connectivity index (χ1n) is 7.42. The summed E-state index contributed by atoms with van der Waals surface area (Å²) < 4.78 is 5.50. The summed E-state index contributed by atoms with van der Waals surface area (Å²) in [6, 6.07) is 10.5. The maximum absolute atomic E-state index is 11.7. The van der Waals surface area contributed by atoms with Crippen LogP contribution < -0.4 is 0 Å². The zero-order valence-electron chi connectivity index (χ0n) is 12.5. The lowest BCUT2D eigenvalue weighted by Gasteiger charge is -2.39. The fraction of sp³-hybridized carbons (Fsp3) is 0.500. The molecule has 1 aromatic rings. The van der Waals surface area contributed by atoms with Crippen LogP contribution in [0.4, 0.5) is 0 Å². The van der Waals surface area contributed by atoms with E-state index in [9.17, 15) is 4.79 Å². The van der Waals surface area contributed by atoms with Crippen LogP contribution in [0, 0.1) is 5.92 Å². The highest BCUT2D eigenvalue weighted by atomic mass is 16.5. The smallest absolute Gasteiger partial charge is 0.333 e. The third-order valence-electron chi connectivity index (χ3n) is 4.45.